The number of piperidine rings is 1. The summed E-state index contributed by atoms with van der Waals surface area (Å²) in [6.07, 6.45) is 4.96. The van der Waals surface area contributed by atoms with Crippen LogP contribution in [0.3, 0.4) is 0 Å². The van der Waals surface area contributed by atoms with E-state index in [9.17, 15) is 25.2 Å². The normalized spacial score (nSPS) is 31.4. The lowest BCUT2D eigenvalue weighted by Crippen LogP contribution is -2.62. The number of nitrogens with one attached hydrogen (secondary N) is 1. The molecule has 7 heteroatoms. The van der Waals surface area contributed by atoms with Gasteiger partial charge in [0.05, 0.1) is 18.8 Å². The van der Waals surface area contributed by atoms with Crippen molar-refractivity contribution in [2.75, 3.05) is 26.2 Å². The lowest BCUT2D eigenvalue weighted by Gasteiger charge is -2.43. The van der Waals surface area contributed by atoms with Crippen LogP contribution in [0.2, 0.25) is 0 Å². The second-order valence-corrected chi connectivity index (χ2v) is 7.54. The smallest absolute Gasteiger partial charge is 0.220 e. The molecular weight excluding hydrogens is 324 g/mol. The lowest BCUT2D eigenvalue weighted by atomic mass is 9.94. The molecule has 25 heavy (non-hydrogen) atoms. The maximum absolute atomic E-state index is 11.8. The van der Waals surface area contributed by atoms with Crippen molar-refractivity contribution in [3.63, 3.8) is 0 Å². The summed E-state index contributed by atoms with van der Waals surface area (Å²) in [5.41, 5.74) is 0. The number of aliphatic hydroxyl groups is 4. The van der Waals surface area contributed by atoms with Crippen molar-refractivity contribution in [2.24, 2.45) is 5.92 Å². The Morgan fingerprint density at radius 2 is 1.80 bits per heavy atom. The van der Waals surface area contributed by atoms with E-state index in [2.05, 4.69) is 5.32 Å². The van der Waals surface area contributed by atoms with Gasteiger partial charge in [0, 0.05) is 19.5 Å². The monoisotopic (exact) mass is 358 g/mol. The predicted octanol–water partition coefficient (Wildman–Crippen LogP) is -0.388. The summed E-state index contributed by atoms with van der Waals surface area (Å²) >= 11 is 0. The molecular formula is C18H34N2O5. The van der Waals surface area contributed by atoms with Crippen LogP contribution in [0, 0.1) is 5.92 Å². The molecule has 1 aliphatic heterocycles. The van der Waals surface area contributed by atoms with Crippen molar-refractivity contribution in [2.45, 2.75) is 75.7 Å². The number of hydrogen-bond acceptors (Lipinski definition) is 6. The first-order valence-corrected chi connectivity index (χ1v) is 9.68. The van der Waals surface area contributed by atoms with Gasteiger partial charge in [-0.3, -0.25) is 9.69 Å². The highest BCUT2D eigenvalue weighted by molar-refractivity contribution is 5.75. The number of β-amino-alcohol motifs (C(OH)–C–C–N with tert-alkyl or cyclic N) is 1. The Morgan fingerprint density at radius 1 is 1.08 bits per heavy atom. The van der Waals surface area contributed by atoms with Gasteiger partial charge in [-0.1, -0.05) is 25.7 Å². The molecule has 1 heterocycles. The Morgan fingerprint density at radius 3 is 2.48 bits per heavy atom. The van der Waals surface area contributed by atoms with E-state index in [0.29, 0.717) is 19.5 Å². The molecule has 4 atom stereocenters. The van der Waals surface area contributed by atoms with Crippen molar-refractivity contribution < 1.29 is 25.2 Å². The topological polar surface area (TPSA) is 113 Å². The number of unbranched alkanes of at least 4 members (excludes halogenated alkanes) is 1. The van der Waals surface area contributed by atoms with Gasteiger partial charge in [0.25, 0.3) is 0 Å². The molecule has 1 aliphatic carbocycles. The van der Waals surface area contributed by atoms with E-state index >= 15 is 0 Å². The highest BCUT2D eigenvalue weighted by Crippen LogP contribution is 2.28. The first kappa shape index (κ1) is 20.6. The Hall–Kier alpha value is -0.730. The molecule has 7 nitrogen and oxygen atoms in total. The van der Waals surface area contributed by atoms with Gasteiger partial charge in [-0.2, -0.15) is 0 Å². The van der Waals surface area contributed by atoms with Gasteiger partial charge in [-0.05, 0) is 31.7 Å². The van der Waals surface area contributed by atoms with E-state index in [1.807, 2.05) is 4.90 Å². The molecule has 2 aliphatic rings. The standard InChI is InChI=1S/C18H34N2O5/c21-12-14-17(24)18(25)15(22)11-20(14)10-4-3-9-19-16(23)8-7-13-5-1-2-6-13/h13-15,17-18,21-22,24-25H,1-12H2,(H,19,23)/t14-,15+,17-,18-/m1/s1. The summed E-state index contributed by atoms with van der Waals surface area (Å²) in [5, 5.41) is 41.7. The van der Waals surface area contributed by atoms with E-state index in [0.717, 1.165) is 25.2 Å². The minimum absolute atomic E-state index is 0.118. The van der Waals surface area contributed by atoms with E-state index in [-0.39, 0.29) is 19.1 Å². The van der Waals surface area contributed by atoms with Gasteiger partial charge in [-0.25, -0.2) is 0 Å². The van der Waals surface area contributed by atoms with Crippen LogP contribution in [-0.2, 0) is 4.79 Å². The van der Waals surface area contributed by atoms with Crippen LogP contribution in [0.15, 0.2) is 0 Å². The highest BCUT2D eigenvalue weighted by Gasteiger charge is 2.40. The van der Waals surface area contributed by atoms with Crippen LogP contribution in [0.4, 0.5) is 0 Å². The second kappa shape index (κ2) is 10.4. The van der Waals surface area contributed by atoms with Crippen LogP contribution >= 0.6 is 0 Å². The fourth-order valence-electron chi connectivity index (χ4n) is 4.03. The maximum Gasteiger partial charge on any atom is 0.220 e. The molecule has 0 bridgehead atoms. The Balaban J connectivity index is 1.57. The molecule has 0 aromatic carbocycles. The molecule has 1 saturated heterocycles. The van der Waals surface area contributed by atoms with Crippen LogP contribution in [0.25, 0.3) is 0 Å². The molecule has 0 aromatic rings. The summed E-state index contributed by atoms with van der Waals surface area (Å²) in [7, 11) is 0. The van der Waals surface area contributed by atoms with Crippen LogP contribution in [0.5, 0.6) is 0 Å². The van der Waals surface area contributed by atoms with E-state index in [1.165, 1.54) is 25.7 Å². The largest absolute Gasteiger partial charge is 0.395 e. The number of aliphatic hydroxyl groups excluding tert-OH is 4. The van der Waals surface area contributed by atoms with Crippen molar-refractivity contribution in [1.29, 1.82) is 0 Å². The molecule has 1 amide bonds. The van der Waals surface area contributed by atoms with Crippen molar-refractivity contribution in [3.8, 4) is 0 Å². The lowest BCUT2D eigenvalue weighted by molar-refractivity contribution is -0.145. The van der Waals surface area contributed by atoms with Crippen LogP contribution in [-0.4, -0.2) is 81.8 Å². The average Bonchev–Trinajstić information content (AvgIpc) is 3.11. The summed E-state index contributed by atoms with van der Waals surface area (Å²) in [5.74, 6) is 0.848. The maximum atomic E-state index is 11.8. The number of likely N-dealkylation sites (tertiary alicyclic amines) is 1. The summed E-state index contributed by atoms with van der Waals surface area (Å²) < 4.78 is 0. The molecule has 5 N–H and O–H groups in total. The third kappa shape index (κ3) is 6.18. The van der Waals surface area contributed by atoms with E-state index in [4.69, 9.17) is 0 Å². The number of carbonyl (C=O) groups excluding carboxylic acids is 1. The number of hydrogen-bond donors (Lipinski definition) is 5. The first-order valence-electron chi connectivity index (χ1n) is 9.68. The van der Waals surface area contributed by atoms with Gasteiger partial charge >= 0.3 is 0 Å². The summed E-state index contributed by atoms with van der Waals surface area (Å²) in [4.78, 5) is 13.6. The third-order valence-corrected chi connectivity index (χ3v) is 5.66. The zero-order valence-corrected chi connectivity index (χ0v) is 15.0. The highest BCUT2D eigenvalue weighted by atomic mass is 16.4. The predicted molar refractivity (Wildman–Crippen MR) is 93.9 cm³/mol. The van der Waals surface area contributed by atoms with Crippen molar-refractivity contribution in [1.82, 2.24) is 10.2 Å². The van der Waals surface area contributed by atoms with Gasteiger partial charge in [0.1, 0.15) is 12.2 Å². The van der Waals surface area contributed by atoms with Crippen LogP contribution < -0.4 is 5.32 Å². The van der Waals surface area contributed by atoms with Gasteiger partial charge in [0.15, 0.2) is 0 Å². The Bertz CT molecular complexity index is 403. The molecule has 0 radical (unpaired) electrons. The zero-order chi connectivity index (χ0) is 18.2. The molecule has 1 saturated carbocycles. The van der Waals surface area contributed by atoms with Gasteiger partial charge in [-0.15, -0.1) is 0 Å². The first-order chi connectivity index (χ1) is 12.0. The van der Waals surface area contributed by atoms with Gasteiger partial charge < -0.3 is 25.7 Å². The Labute approximate surface area is 150 Å². The molecule has 2 fully saturated rings. The quantitative estimate of drug-likeness (QED) is 0.359. The molecule has 0 aromatic heterocycles. The SMILES string of the molecule is O=C(CCC1CCCC1)NCCCCN1C[C@H](O)[C@@H](O)[C@H](O)[C@H]1CO. The molecule has 146 valence electrons. The average molecular weight is 358 g/mol. The minimum atomic E-state index is -1.22. The third-order valence-electron chi connectivity index (χ3n) is 5.66. The fourth-order valence-corrected chi connectivity index (χ4v) is 4.03. The van der Waals surface area contributed by atoms with E-state index in [1.54, 1.807) is 0 Å². The van der Waals surface area contributed by atoms with Crippen molar-refractivity contribution >= 4 is 5.91 Å². The number of rotatable bonds is 9. The molecule has 0 spiro atoms. The summed E-state index contributed by atoms with van der Waals surface area (Å²) in [6.45, 7) is 1.19. The number of nitrogens with zero attached hydrogens (tertiary/aromatic N) is 1. The number of amides is 1. The second-order valence-electron chi connectivity index (χ2n) is 7.54. The van der Waals surface area contributed by atoms with Crippen molar-refractivity contribution in [3.05, 3.63) is 0 Å². The van der Waals surface area contributed by atoms with Gasteiger partial charge in [0.2, 0.25) is 5.91 Å². The van der Waals surface area contributed by atoms with E-state index < -0.39 is 24.4 Å². The molecule has 2 rings (SSSR count). The Kier molecular flexibility index (Phi) is 8.58. The number of carbonyl (C=O) groups is 1. The summed E-state index contributed by atoms with van der Waals surface area (Å²) in [6, 6.07) is -0.556. The fraction of sp³-hybridized carbons (Fsp3) is 0.944. The zero-order valence-electron chi connectivity index (χ0n) is 15.0. The molecule has 0 unspecified atom stereocenters. The van der Waals surface area contributed by atoms with Crippen LogP contribution in [0.1, 0.15) is 51.4 Å². The minimum Gasteiger partial charge on any atom is -0.395 e.